The third-order valence-corrected chi connectivity index (χ3v) is 2.31. The second-order valence-electron chi connectivity index (χ2n) is 3.10. The lowest BCUT2D eigenvalue weighted by Crippen LogP contribution is -2.19. The monoisotopic (exact) mass is 174 g/mol. The van der Waals surface area contributed by atoms with Crippen LogP contribution in [-0.2, 0) is 4.79 Å². The molecule has 0 aliphatic heterocycles. The van der Waals surface area contributed by atoms with Crippen LogP contribution in [0.25, 0.3) is 0 Å². The molecule has 3 nitrogen and oxygen atoms in total. The minimum absolute atomic E-state index is 0.0179. The van der Waals surface area contributed by atoms with E-state index in [1.54, 1.807) is 18.2 Å². The lowest BCUT2D eigenvalue weighted by molar-refractivity contribution is -0.119. The number of benzene rings is 1. The molecule has 0 aromatic heterocycles. The molecule has 1 unspecified atom stereocenters. The zero-order valence-corrected chi connectivity index (χ0v) is 6.91. The van der Waals surface area contributed by atoms with Gasteiger partial charge in [-0.15, -0.1) is 0 Å². The van der Waals surface area contributed by atoms with E-state index in [4.69, 9.17) is 5.73 Å². The number of Topliss-reactive ketones (excluding diaryl/α,β-unsaturated/α-hetero) is 1. The van der Waals surface area contributed by atoms with Crippen LogP contribution in [0.2, 0.25) is 0 Å². The Morgan fingerprint density at radius 3 is 3.08 bits per heavy atom. The first-order chi connectivity index (χ1) is 6.20. The van der Waals surface area contributed by atoms with E-state index in [1.807, 2.05) is 0 Å². The van der Waals surface area contributed by atoms with Crippen LogP contribution in [0.1, 0.15) is 28.3 Å². The fourth-order valence-corrected chi connectivity index (χ4v) is 1.65. The van der Waals surface area contributed by atoms with Gasteiger partial charge in [-0.25, -0.2) is 0 Å². The van der Waals surface area contributed by atoms with E-state index in [2.05, 4.69) is 6.07 Å². The number of carbonyl (C=O) groups excluding carboxylic acids is 2. The van der Waals surface area contributed by atoms with Crippen molar-refractivity contribution in [1.29, 1.82) is 0 Å². The first-order valence-corrected chi connectivity index (χ1v) is 4.02. The quantitative estimate of drug-likeness (QED) is 0.679. The van der Waals surface area contributed by atoms with Gasteiger partial charge in [0.25, 0.3) is 0 Å². The Kier molecular flexibility index (Phi) is 1.65. The molecule has 2 N–H and O–H groups in total. The molecule has 1 aliphatic carbocycles. The fraction of sp³-hybridized carbons (Fsp3) is 0.200. The highest BCUT2D eigenvalue weighted by molar-refractivity contribution is 6.06. The van der Waals surface area contributed by atoms with Crippen LogP contribution in [0.4, 0.5) is 0 Å². The standard InChI is InChI=1S/C10H8NO2/c11-10(13)8-5-9(12)7-4-2-1-3-6(7)8/h1,3-4,8H,5H2,(H2,11,13). The van der Waals surface area contributed by atoms with Crippen LogP contribution >= 0.6 is 0 Å². The SMILES string of the molecule is NC(=O)C1CC(=O)c2c[c]ccc21. The predicted octanol–water partition coefficient (Wildman–Crippen LogP) is 0.642. The topological polar surface area (TPSA) is 60.2 Å². The summed E-state index contributed by atoms with van der Waals surface area (Å²) in [5.74, 6) is -0.883. The fourth-order valence-electron chi connectivity index (χ4n) is 1.65. The maximum Gasteiger partial charge on any atom is 0.225 e. The normalized spacial score (nSPS) is 20.0. The zero-order valence-electron chi connectivity index (χ0n) is 6.91. The minimum Gasteiger partial charge on any atom is -0.369 e. The van der Waals surface area contributed by atoms with Crippen LogP contribution in [-0.4, -0.2) is 11.7 Å². The maximum absolute atomic E-state index is 11.4. The first kappa shape index (κ1) is 7.98. The van der Waals surface area contributed by atoms with Gasteiger partial charge >= 0.3 is 0 Å². The highest BCUT2D eigenvalue weighted by Gasteiger charge is 2.32. The largest absolute Gasteiger partial charge is 0.369 e. The summed E-state index contributed by atoms with van der Waals surface area (Å²) in [5, 5.41) is 0. The van der Waals surface area contributed by atoms with Crippen LogP contribution in [0, 0.1) is 6.07 Å². The van der Waals surface area contributed by atoms with Crippen molar-refractivity contribution < 1.29 is 9.59 Å². The van der Waals surface area contributed by atoms with Crippen molar-refractivity contribution in [3.05, 3.63) is 35.4 Å². The van der Waals surface area contributed by atoms with E-state index in [0.717, 1.165) is 5.56 Å². The summed E-state index contributed by atoms with van der Waals surface area (Å²) in [6, 6.07) is 7.84. The van der Waals surface area contributed by atoms with E-state index < -0.39 is 11.8 Å². The molecule has 1 aromatic carbocycles. The summed E-state index contributed by atoms with van der Waals surface area (Å²) >= 11 is 0. The van der Waals surface area contributed by atoms with Crippen molar-refractivity contribution in [2.24, 2.45) is 5.73 Å². The molecule has 0 heterocycles. The van der Waals surface area contributed by atoms with E-state index in [-0.39, 0.29) is 12.2 Å². The molecule has 0 bridgehead atoms. The minimum atomic E-state index is -0.433. The van der Waals surface area contributed by atoms with Crippen LogP contribution in [0.15, 0.2) is 18.2 Å². The maximum atomic E-state index is 11.4. The van der Waals surface area contributed by atoms with Crippen molar-refractivity contribution in [2.75, 3.05) is 0 Å². The van der Waals surface area contributed by atoms with Gasteiger partial charge < -0.3 is 5.73 Å². The number of hydrogen-bond acceptors (Lipinski definition) is 2. The van der Waals surface area contributed by atoms with Gasteiger partial charge in [-0.05, 0) is 17.7 Å². The molecule has 1 aliphatic rings. The van der Waals surface area contributed by atoms with E-state index in [9.17, 15) is 9.59 Å². The molecular weight excluding hydrogens is 166 g/mol. The molecule has 0 spiro atoms. The lowest BCUT2D eigenvalue weighted by atomic mass is 10.0. The van der Waals surface area contributed by atoms with Crippen molar-refractivity contribution in [3.63, 3.8) is 0 Å². The summed E-state index contributed by atoms with van der Waals surface area (Å²) in [6.45, 7) is 0. The van der Waals surface area contributed by atoms with Gasteiger partial charge in [0.15, 0.2) is 5.78 Å². The summed E-state index contributed by atoms with van der Waals surface area (Å²) in [4.78, 5) is 22.3. The van der Waals surface area contributed by atoms with Gasteiger partial charge in [0.05, 0.1) is 5.92 Å². The van der Waals surface area contributed by atoms with Crippen molar-refractivity contribution in [1.82, 2.24) is 0 Å². The molecule has 0 fully saturated rings. The van der Waals surface area contributed by atoms with Crippen LogP contribution in [0.3, 0.4) is 0 Å². The highest BCUT2D eigenvalue weighted by Crippen LogP contribution is 2.31. The van der Waals surface area contributed by atoms with Crippen LogP contribution in [0.5, 0.6) is 0 Å². The van der Waals surface area contributed by atoms with Gasteiger partial charge in [0.2, 0.25) is 5.91 Å². The Hall–Kier alpha value is -1.64. The molecule has 1 aromatic rings. The number of primary amides is 1. The number of ketones is 1. The number of fused-ring (bicyclic) bond motifs is 1. The Labute approximate surface area is 75.5 Å². The summed E-state index contributed by atoms with van der Waals surface area (Å²) in [7, 11) is 0. The smallest absolute Gasteiger partial charge is 0.225 e. The van der Waals surface area contributed by atoms with Crippen molar-refractivity contribution >= 4 is 11.7 Å². The summed E-state index contributed by atoms with van der Waals surface area (Å²) < 4.78 is 0. The average Bonchev–Trinajstić information content (AvgIpc) is 2.45. The number of rotatable bonds is 1. The van der Waals surface area contributed by atoms with E-state index >= 15 is 0 Å². The molecule has 1 atom stereocenters. The first-order valence-electron chi connectivity index (χ1n) is 4.02. The summed E-state index contributed by atoms with van der Waals surface area (Å²) in [6.07, 6.45) is 0.211. The molecule has 65 valence electrons. The van der Waals surface area contributed by atoms with Gasteiger partial charge in [-0.3, -0.25) is 9.59 Å². The van der Waals surface area contributed by atoms with E-state index in [1.165, 1.54) is 0 Å². The molecule has 3 heteroatoms. The second-order valence-corrected chi connectivity index (χ2v) is 3.10. The Bertz CT molecular complexity index is 384. The molecule has 2 rings (SSSR count). The number of carbonyl (C=O) groups is 2. The third kappa shape index (κ3) is 1.13. The Balaban J connectivity index is 2.53. The molecule has 1 amide bonds. The molecule has 1 radical (unpaired) electrons. The van der Waals surface area contributed by atoms with Crippen LogP contribution < -0.4 is 5.73 Å². The van der Waals surface area contributed by atoms with Gasteiger partial charge in [-0.2, -0.15) is 0 Å². The number of amides is 1. The zero-order chi connectivity index (χ0) is 9.42. The highest BCUT2D eigenvalue weighted by atomic mass is 16.1. The molecular formula is C10H8NO2. The van der Waals surface area contributed by atoms with E-state index in [0.29, 0.717) is 5.56 Å². The Morgan fingerprint density at radius 2 is 2.38 bits per heavy atom. The molecule has 13 heavy (non-hydrogen) atoms. The molecule has 0 saturated heterocycles. The average molecular weight is 174 g/mol. The van der Waals surface area contributed by atoms with Crippen molar-refractivity contribution in [2.45, 2.75) is 12.3 Å². The summed E-state index contributed by atoms with van der Waals surface area (Å²) in [5.41, 5.74) is 6.51. The molecule has 0 saturated carbocycles. The van der Waals surface area contributed by atoms with Gasteiger partial charge in [0.1, 0.15) is 0 Å². The Morgan fingerprint density at radius 1 is 1.62 bits per heavy atom. The van der Waals surface area contributed by atoms with Gasteiger partial charge in [0, 0.05) is 12.0 Å². The van der Waals surface area contributed by atoms with Gasteiger partial charge in [-0.1, -0.05) is 12.1 Å². The second kappa shape index (κ2) is 2.69. The number of hydrogen-bond donors (Lipinski definition) is 1. The van der Waals surface area contributed by atoms with Crippen molar-refractivity contribution in [3.8, 4) is 0 Å². The lowest BCUT2D eigenvalue weighted by Gasteiger charge is -2.03. The number of nitrogens with two attached hydrogens (primary N) is 1. The third-order valence-electron chi connectivity index (χ3n) is 2.31. The predicted molar refractivity (Wildman–Crippen MR) is 46.2 cm³/mol.